The van der Waals surface area contributed by atoms with Gasteiger partial charge in [-0.2, -0.15) is 4.80 Å². The number of nitrogens with zero attached hydrogens (tertiary/aromatic N) is 6. The number of hydrogen-bond donors (Lipinski definition) is 1. The van der Waals surface area contributed by atoms with Gasteiger partial charge in [0.2, 0.25) is 0 Å². The fraction of sp³-hybridized carbons (Fsp3) is 0.500. The number of carbonyl (C=O) groups is 1. The molecule has 1 spiro atoms. The lowest BCUT2D eigenvalue weighted by molar-refractivity contribution is 0.0360. The van der Waals surface area contributed by atoms with Crippen molar-refractivity contribution in [2.75, 3.05) is 19.6 Å². The predicted octanol–water partition coefficient (Wildman–Crippen LogP) is 1.13. The first kappa shape index (κ1) is 15.1. The maximum Gasteiger partial charge on any atom is 0.407 e. The number of benzene rings is 1. The van der Waals surface area contributed by atoms with E-state index in [1.165, 1.54) is 9.70 Å². The van der Waals surface area contributed by atoms with Crippen molar-refractivity contribution in [2.45, 2.75) is 24.4 Å². The number of rotatable bonds is 3. The Bertz CT molecular complexity index is 742. The van der Waals surface area contributed by atoms with Crippen molar-refractivity contribution in [2.24, 2.45) is 7.05 Å². The molecule has 126 valence electrons. The lowest BCUT2D eigenvalue weighted by Gasteiger charge is -2.44. The van der Waals surface area contributed by atoms with Gasteiger partial charge in [-0.25, -0.2) is 4.79 Å². The Morgan fingerprint density at radius 3 is 2.58 bits per heavy atom. The third-order valence-corrected chi connectivity index (χ3v) is 5.00. The van der Waals surface area contributed by atoms with E-state index < -0.39 is 6.09 Å². The maximum atomic E-state index is 11.4. The smallest absolute Gasteiger partial charge is 0.407 e. The number of piperazine rings is 1. The van der Waals surface area contributed by atoms with E-state index >= 15 is 0 Å². The molecule has 4 rings (SSSR count). The molecule has 1 saturated heterocycles. The number of aryl methyl sites for hydroxylation is 1. The van der Waals surface area contributed by atoms with Crippen LogP contribution in [-0.2, 0) is 7.05 Å². The highest BCUT2D eigenvalue weighted by molar-refractivity contribution is 5.65. The van der Waals surface area contributed by atoms with E-state index in [-0.39, 0.29) is 11.6 Å². The highest BCUT2D eigenvalue weighted by Crippen LogP contribution is 2.49. The Labute approximate surface area is 139 Å². The molecule has 1 N–H and O–H groups in total. The summed E-state index contributed by atoms with van der Waals surface area (Å²) < 4.78 is 0. The van der Waals surface area contributed by atoms with Gasteiger partial charge in [-0.3, -0.25) is 4.90 Å². The van der Waals surface area contributed by atoms with E-state index in [2.05, 4.69) is 32.4 Å². The van der Waals surface area contributed by atoms with Crippen LogP contribution in [0.15, 0.2) is 30.3 Å². The number of carboxylic acid groups (broad SMARTS) is 1. The zero-order chi connectivity index (χ0) is 16.7. The average Bonchev–Trinajstić information content (AvgIpc) is 3.22. The van der Waals surface area contributed by atoms with Crippen LogP contribution in [0.4, 0.5) is 4.79 Å². The fourth-order valence-electron chi connectivity index (χ4n) is 3.66. The Kier molecular flexibility index (Phi) is 3.49. The molecule has 2 fully saturated rings. The van der Waals surface area contributed by atoms with Gasteiger partial charge in [-0.05, 0) is 23.6 Å². The van der Waals surface area contributed by atoms with Gasteiger partial charge in [0.1, 0.15) is 6.04 Å². The minimum Gasteiger partial charge on any atom is -0.465 e. The van der Waals surface area contributed by atoms with Gasteiger partial charge in [0, 0.05) is 25.2 Å². The van der Waals surface area contributed by atoms with Gasteiger partial charge >= 0.3 is 6.09 Å². The van der Waals surface area contributed by atoms with Crippen molar-refractivity contribution < 1.29 is 9.90 Å². The maximum absolute atomic E-state index is 11.4. The van der Waals surface area contributed by atoms with Crippen LogP contribution in [0.5, 0.6) is 0 Å². The van der Waals surface area contributed by atoms with Crippen LogP contribution >= 0.6 is 0 Å². The molecule has 1 aromatic heterocycles. The van der Waals surface area contributed by atoms with Crippen LogP contribution in [0.3, 0.4) is 0 Å². The molecule has 2 aromatic rings. The van der Waals surface area contributed by atoms with Crippen LogP contribution in [0.25, 0.3) is 0 Å². The summed E-state index contributed by atoms with van der Waals surface area (Å²) >= 11 is 0. The lowest BCUT2D eigenvalue weighted by atomic mass is 9.99. The first-order valence-electron chi connectivity index (χ1n) is 8.12. The Hall–Kier alpha value is -2.48. The first-order valence-corrected chi connectivity index (χ1v) is 8.12. The molecule has 1 amide bonds. The summed E-state index contributed by atoms with van der Waals surface area (Å²) in [6.07, 6.45) is 1.16. The zero-order valence-corrected chi connectivity index (χ0v) is 13.5. The Balaban J connectivity index is 1.71. The molecule has 24 heavy (non-hydrogen) atoms. The zero-order valence-electron chi connectivity index (χ0n) is 13.5. The summed E-state index contributed by atoms with van der Waals surface area (Å²) in [7, 11) is 1.76. The molecule has 1 aromatic carbocycles. The molecule has 2 aliphatic rings. The van der Waals surface area contributed by atoms with E-state index in [1.807, 2.05) is 18.2 Å². The number of hydrogen-bond acceptors (Lipinski definition) is 5. The van der Waals surface area contributed by atoms with Gasteiger partial charge in [0.15, 0.2) is 5.82 Å². The van der Waals surface area contributed by atoms with E-state index in [9.17, 15) is 9.90 Å². The van der Waals surface area contributed by atoms with E-state index in [0.717, 1.165) is 18.4 Å². The molecule has 8 heteroatoms. The SMILES string of the molecule is Cn1nnc(C(c2ccccc2)N2CCN(C(=O)O)CC23CC3)n1. The second kappa shape index (κ2) is 5.55. The number of amides is 1. The summed E-state index contributed by atoms with van der Waals surface area (Å²) in [5.41, 5.74) is 1.01. The highest BCUT2D eigenvalue weighted by Gasteiger charge is 2.55. The minimum absolute atomic E-state index is 0.0988. The van der Waals surface area contributed by atoms with E-state index in [4.69, 9.17) is 0 Å². The van der Waals surface area contributed by atoms with Crippen LogP contribution in [0.2, 0.25) is 0 Å². The van der Waals surface area contributed by atoms with E-state index in [1.54, 1.807) is 7.05 Å². The second-order valence-corrected chi connectivity index (χ2v) is 6.57. The predicted molar refractivity (Wildman–Crippen MR) is 85.4 cm³/mol. The largest absolute Gasteiger partial charge is 0.465 e. The van der Waals surface area contributed by atoms with Gasteiger partial charge in [-0.15, -0.1) is 10.2 Å². The van der Waals surface area contributed by atoms with Crippen molar-refractivity contribution in [3.8, 4) is 0 Å². The topological polar surface area (TPSA) is 87.4 Å². The number of aromatic nitrogens is 4. The molecular formula is C16H20N6O2. The number of tetrazole rings is 1. The molecule has 8 nitrogen and oxygen atoms in total. The van der Waals surface area contributed by atoms with Crippen molar-refractivity contribution in [1.82, 2.24) is 30.0 Å². The molecular weight excluding hydrogens is 308 g/mol. The van der Waals surface area contributed by atoms with Crippen LogP contribution in [0, 0.1) is 0 Å². The van der Waals surface area contributed by atoms with Crippen LogP contribution in [-0.4, -0.2) is 66.4 Å². The fourth-order valence-corrected chi connectivity index (χ4v) is 3.66. The quantitative estimate of drug-likeness (QED) is 0.909. The molecule has 1 saturated carbocycles. The molecule has 1 aliphatic carbocycles. The van der Waals surface area contributed by atoms with Crippen LogP contribution < -0.4 is 0 Å². The minimum atomic E-state index is -0.838. The average molecular weight is 328 g/mol. The normalized spacial score (nSPS) is 21.0. The lowest BCUT2D eigenvalue weighted by Crippen LogP contribution is -2.57. The van der Waals surface area contributed by atoms with Gasteiger partial charge < -0.3 is 10.0 Å². The molecule has 0 bridgehead atoms. The molecule has 1 atom stereocenters. The second-order valence-electron chi connectivity index (χ2n) is 6.57. The van der Waals surface area contributed by atoms with E-state index in [0.29, 0.717) is 25.5 Å². The van der Waals surface area contributed by atoms with Gasteiger partial charge in [0.25, 0.3) is 0 Å². The third-order valence-electron chi connectivity index (χ3n) is 5.00. The Morgan fingerprint density at radius 2 is 2.00 bits per heavy atom. The molecule has 0 radical (unpaired) electrons. The summed E-state index contributed by atoms with van der Waals surface area (Å²) in [4.78, 5) is 16.7. The Morgan fingerprint density at radius 1 is 1.25 bits per heavy atom. The van der Waals surface area contributed by atoms with Crippen molar-refractivity contribution >= 4 is 6.09 Å². The summed E-state index contributed by atoms with van der Waals surface area (Å²) in [5, 5.41) is 22.0. The highest BCUT2D eigenvalue weighted by atomic mass is 16.4. The molecule has 1 unspecified atom stereocenters. The molecule has 2 heterocycles. The van der Waals surface area contributed by atoms with Crippen molar-refractivity contribution in [1.29, 1.82) is 0 Å². The summed E-state index contributed by atoms with van der Waals surface area (Å²) in [5.74, 6) is 0.666. The van der Waals surface area contributed by atoms with Gasteiger partial charge in [-0.1, -0.05) is 30.3 Å². The first-order chi connectivity index (χ1) is 11.6. The molecule has 1 aliphatic heterocycles. The van der Waals surface area contributed by atoms with Crippen LogP contribution in [0.1, 0.15) is 30.3 Å². The van der Waals surface area contributed by atoms with Gasteiger partial charge in [0.05, 0.1) is 7.05 Å². The van der Waals surface area contributed by atoms with Crippen molar-refractivity contribution in [3.05, 3.63) is 41.7 Å². The third kappa shape index (κ3) is 2.52. The monoisotopic (exact) mass is 328 g/mol. The summed E-state index contributed by atoms with van der Waals surface area (Å²) in [6.45, 7) is 1.72. The summed E-state index contributed by atoms with van der Waals surface area (Å²) in [6, 6.07) is 10.0. The standard InChI is InChI=1S/C16H20N6O2/c1-20-18-14(17-19-20)13(12-5-3-2-4-6-12)22-10-9-21(15(23)24)11-16(22)7-8-16/h2-6,13H,7-11H2,1H3,(H,23,24). The van der Waals surface area contributed by atoms with Crippen molar-refractivity contribution in [3.63, 3.8) is 0 Å².